The third-order valence-corrected chi connectivity index (χ3v) is 5.07. The van der Waals surface area contributed by atoms with Crippen LogP contribution in [0.2, 0.25) is 0 Å². The Morgan fingerprint density at radius 1 is 1.26 bits per heavy atom. The van der Waals surface area contributed by atoms with E-state index in [0.717, 1.165) is 5.56 Å². The van der Waals surface area contributed by atoms with E-state index in [1.54, 1.807) is 26.0 Å². The number of hydrogen-bond donors (Lipinski definition) is 2. The van der Waals surface area contributed by atoms with Gasteiger partial charge in [0.05, 0.1) is 0 Å². The summed E-state index contributed by atoms with van der Waals surface area (Å²) in [6.45, 7) is 2.78. The number of aliphatic hydroxyl groups excluding tert-OH is 1. The zero-order valence-electron chi connectivity index (χ0n) is 16.2. The first-order valence-corrected chi connectivity index (χ1v) is 9.54. The molecular weight excluding hydrogens is 338 g/mol. The van der Waals surface area contributed by atoms with Crippen LogP contribution in [0.4, 0.5) is 0 Å². The molecule has 1 aromatic rings. The minimum absolute atomic E-state index is 0.00898. The zero-order valence-corrected chi connectivity index (χ0v) is 16.2. The van der Waals surface area contributed by atoms with E-state index in [1.807, 2.05) is 24.3 Å². The average molecular weight is 367 g/mol. The zero-order chi connectivity index (χ0) is 19.9. The fourth-order valence-electron chi connectivity index (χ4n) is 3.36. The summed E-state index contributed by atoms with van der Waals surface area (Å²) in [5.74, 6) is 5.65. The fraction of sp³-hybridized carbons (Fsp3) is 0.478. The Kier molecular flexibility index (Phi) is 7.53. The molecule has 27 heavy (non-hydrogen) atoms. The van der Waals surface area contributed by atoms with E-state index in [2.05, 4.69) is 11.8 Å². The van der Waals surface area contributed by atoms with Crippen LogP contribution in [0, 0.1) is 23.7 Å². The Bertz CT molecular complexity index is 739. The lowest BCUT2D eigenvalue weighted by molar-refractivity contribution is -0.127. The van der Waals surface area contributed by atoms with Crippen molar-refractivity contribution in [1.29, 1.82) is 0 Å². The van der Waals surface area contributed by atoms with Crippen LogP contribution in [0.15, 0.2) is 30.3 Å². The van der Waals surface area contributed by atoms with Crippen molar-refractivity contribution in [1.82, 2.24) is 0 Å². The average Bonchev–Trinajstić information content (AvgIpc) is 3.15. The van der Waals surface area contributed by atoms with Crippen LogP contribution in [0.3, 0.4) is 0 Å². The number of rotatable bonds is 7. The summed E-state index contributed by atoms with van der Waals surface area (Å²) in [4.78, 5) is 24.4. The molecule has 1 atom stereocenters. The number of ketones is 2. The van der Waals surface area contributed by atoms with Crippen molar-refractivity contribution in [2.24, 2.45) is 17.6 Å². The van der Waals surface area contributed by atoms with E-state index in [1.165, 1.54) is 25.7 Å². The lowest BCUT2D eigenvalue weighted by atomic mass is 9.80. The van der Waals surface area contributed by atoms with Gasteiger partial charge in [-0.1, -0.05) is 48.9 Å². The fourth-order valence-corrected chi connectivity index (χ4v) is 3.36. The van der Waals surface area contributed by atoms with Gasteiger partial charge in [0.2, 0.25) is 0 Å². The summed E-state index contributed by atoms with van der Waals surface area (Å²) in [6.07, 6.45) is 8.74. The summed E-state index contributed by atoms with van der Waals surface area (Å²) in [6, 6.07) is 7.21. The van der Waals surface area contributed by atoms with Gasteiger partial charge in [0.25, 0.3) is 0 Å². The highest BCUT2D eigenvalue weighted by atomic mass is 16.3. The first kappa shape index (κ1) is 21.1. The van der Waals surface area contributed by atoms with Gasteiger partial charge in [-0.3, -0.25) is 9.59 Å². The predicted octanol–water partition coefficient (Wildman–Crippen LogP) is 3.38. The minimum Gasteiger partial charge on any atom is -0.389 e. The van der Waals surface area contributed by atoms with Gasteiger partial charge in [-0.25, -0.2) is 0 Å². The van der Waals surface area contributed by atoms with Crippen molar-refractivity contribution in [3.8, 4) is 11.8 Å². The van der Waals surface area contributed by atoms with Crippen LogP contribution in [0.1, 0.15) is 61.9 Å². The SMILES string of the molecule is CC(C)(N)[C@H](CC(=O)c1ccc(/C=C/C#CC2CCCC2)cc1)C(=O)CO. The maximum Gasteiger partial charge on any atom is 0.163 e. The monoisotopic (exact) mass is 367 g/mol. The third-order valence-electron chi connectivity index (χ3n) is 5.07. The number of Topliss-reactive ketones (excluding diaryl/α,β-unsaturated/α-hetero) is 2. The van der Waals surface area contributed by atoms with Gasteiger partial charge >= 0.3 is 0 Å². The van der Waals surface area contributed by atoms with E-state index in [0.29, 0.717) is 11.5 Å². The molecule has 0 saturated heterocycles. The molecule has 1 aliphatic rings. The second-order valence-electron chi connectivity index (χ2n) is 7.85. The molecular formula is C23H29NO3. The number of carbonyl (C=O) groups is 2. The molecule has 0 aliphatic heterocycles. The Morgan fingerprint density at radius 2 is 1.89 bits per heavy atom. The second-order valence-corrected chi connectivity index (χ2v) is 7.85. The Hall–Kier alpha value is -2.22. The molecule has 3 N–H and O–H groups in total. The van der Waals surface area contributed by atoms with Crippen LogP contribution < -0.4 is 5.73 Å². The molecule has 0 spiro atoms. The quantitative estimate of drug-likeness (QED) is 0.572. The summed E-state index contributed by atoms with van der Waals surface area (Å²) < 4.78 is 0. The summed E-state index contributed by atoms with van der Waals surface area (Å²) >= 11 is 0. The number of hydrogen-bond acceptors (Lipinski definition) is 4. The van der Waals surface area contributed by atoms with Gasteiger partial charge < -0.3 is 10.8 Å². The minimum atomic E-state index is -0.865. The molecule has 1 aliphatic carbocycles. The van der Waals surface area contributed by atoms with Crippen LogP contribution in [-0.4, -0.2) is 28.8 Å². The van der Waals surface area contributed by atoms with Crippen molar-refractivity contribution < 1.29 is 14.7 Å². The van der Waals surface area contributed by atoms with Crippen LogP contribution in [0.5, 0.6) is 0 Å². The second kappa shape index (κ2) is 9.64. The highest BCUT2D eigenvalue weighted by Gasteiger charge is 2.33. The number of allylic oxidation sites excluding steroid dienone is 1. The normalized spacial score (nSPS) is 16.1. The number of benzene rings is 1. The molecule has 1 saturated carbocycles. The third kappa shape index (κ3) is 6.46. The molecule has 4 nitrogen and oxygen atoms in total. The van der Waals surface area contributed by atoms with Gasteiger partial charge in [0.15, 0.2) is 11.6 Å². The Morgan fingerprint density at radius 3 is 2.44 bits per heavy atom. The number of nitrogens with two attached hydrogens (primary N) is 1. The van der Waals surface area contributed by atoms with Gasteiger partial charge in [0, 0.05) is 29.4 Å². The standard InChI is InChI=1S/C23H29NO3/c1-23(2,24)20(22(27)16-25)15-21(26)19-13-11-18(12-14-19)10-6-5-9-17-7-3-4-8-17/h6,10-14,17,20,25H,3-4,7-8,15-16,24H2,1-2H3/b10-6+/t20-/m1/s1. The lowest BCUT2D eigenvalue weighted by Gasteiger charge is -2.28. The van der Waals surface area contributed by atoms with Gasteiger partial charge in [-0.05, 0) is 44.4 Å². The Labute approximate surface area is 161 Å². The first-order chi connectivity index (χ1) is 12.8. The van der Waals surface area contributed by atoms with Crippen molar-refractivity contribution in [2.45, 2.75) is 51.5 Å². The molecule has 1 aromatic carbocycles. The number of carbonyl (C=O) groups excluding carboxylic acids is 2. The van der Waals surface area contributed by atoms with Gasteiger partial charge in [-0.15, -0.1) is 0 Å². The maximum atomic E-state index is 12.5. The molecule has 0 bridgehead atoms. The van der Waals surface area contributed by atoms with E-state index >= 15 is 0 Å². The summed E-state index contributed by atoms with van der Waals surface area (Å²) in [5, 5.41) is 9.13. The van der Waals surface area contributed by atoms with E-state index < -0.39 is 23.8 Å². The molecule has 1 fully saturated rings. The molecule has 144 valence electrons. The molecule has 4 heteroatoms. The summed E-state index contributed by atoms with van der Waals surface area (Å²) in [5.41, 5.74) is 6.65. The van der Waals surface area contributed by atoms with Crippen molar-refractivity contribution in [3.63, 3.8) is 0 Å². The van der Waals surface area contributed by atoms with Crippen molar-refractivity contribution in [3.05, 3.63) is 41.5 Å². The van der Waals surface area contributed by atoms with E-state index in [9.17, 15) is 9.59 Å². The van der Waals surface area contributed by atoms with Crippen LogP contribution in [0.25, 0.3) is 6.08 Å². The smallest absolute Gasteiger partial charge is 0.163 e. The molecule has 0 radical (unpaired) electrons. The maximum absolute atomic E-state index is 12.5. The van der Waals surface area contributed by atoms with Crippen molar-refractivity contribution in [2.75, 3.05) is 6.61 Å². The van der Waals surface area contributed by atoms with Gasteiger partial charge in [0.1, 0.15) is 6.61 Å². The molecule has 0 heterocycles. The molecule has 0 amide bonds. The topological polar surface area (TPSA) is 80.4 Å². The van der Waals surface area contributed by atoms with Crippen molar-refractivity contribution >= 4 is 17.6 Å². The highest BCUT2D eigenvalue weighted by Crippen LogP contribution is 2.24. The van der Waals surface area contributed by atoms with E-state index in [-0.39, 0.29) is 12.2 Å². The largest absolute Gasteiger partial charge is 0.389 e. The predicted molar refractivity (Wildman–Crippen MR) is 108 cm³/mol. The lowest BCUT2D eigenvalue weighted by Crippen LogP contribution is -2.46. The molecule has 0 unspecified atom stereocenters. The van der Waals surface area contributed by atoms with Crippen LogP contribution in [-0.2, 0) is 4.79 Å². The highest BCUT2D eigenvalue weighted by molar-refractivity contribution is 5.99. The van der Waals surface area contributed by atoms with Gasteiger partial charge in [-0.2, -0.15) is 0 Å². The Balaban J connectivity index is 1.98. The summed E-state index contributed by atoms with van der Waals surface area (Å²) in [7, 11) is 0. The first-order valence-electron chi connectivity index (χ1n) is 9.54. The van der Waals surface area contributed by atoms with E-state index in [4.69, 9.17) is 10.8 Å². The molecule has 2 rings (SSSR count). The molecule has 0 aromatic heterocycles. The number of aliphatic hydroxyl groups is 1. The van der Waals surface area contributed by atoms with Crippen LogP contribution >= 0.6 is 0 Å².